The van der Waals surface area contributed by atoms with E-state index >= 15 is 0 Å². The number of benzene rings is 1. The molecule has 0 aromatic heterocycles. The van der Waals surface area contributed by atoms with Gasteiger partial charge in [-0.2, -0.15) is 0 Å². The van der Waals surface area contributed by atoms with Gasteiger partial charge in [-0.15, -0.1) is 24.0 Å². The first-order valence-corrected chi connectivity index (χ1v) is 7.78. The Bertz CT molecular complexity index is 429. The molecule has 1 aromatic carbocycles. The normalized spacial score (nSPS) is 16.2. The first kappa shape index (κ1) is 19.0. The van der Waals surface area contributed by atoms with Gasteiger partial charge in [0.2, 0.25) is 0 Å². The number of aliphatic imine (C=N–C) groups is 1. The molecule has 0 bridgehead atoms. The van der Waals surface area contributed by atoms with E-state index in [1.165, 1.54) is 18.7 Å². The lowest BCUT2D eigenvalue weighted by atomic mass is 10.2. The van der Waals surface area contributed by atoms with E-state index in [1.54, 1.807) is 7.05 Å². The minimum absolute atomic E-state index is 0. The molecule has 1 aromatic rings. The van der Waals surface area contributed by atoms with Crippen molar-refractivity contribution in [1.29, 1.82) is 0 Å². The summed E-state index contributed by atoms with van der Waals surface area (Å²) in [4.78, 5) is 8.90. The molecule has 0 spiro atoms. The van der Waals surface area contributed by atoms with Crippen molar-refractivity contribution in [3.8, 4) is 0 Å². The molecule has 0 aliphatic carbocycles. The molecule has 0 unspecified atom stereocenters. The van der Waals surface area contributed by atoms with Gasteiger partial charge in [-0.25, -0.2) is 0 Å². The van der Waals surface area contributed by atoms with Gasteiger partial charge in [0.05, 0.1) is 0 Å². The van der Waals surface area contributed by atoms with Crippen molar-refractivity contribution in [2.45, 2.75) is 12.8 Å². The lowest BCUT2D eigenvalue weighted by Crippen LogP contribution is -2.46. The molecule has 1 heterocycles. The SMILES string of the molecule is CN=C(N)NCCCCN1CCN(c2ccccc2)CC1.I. The third-order valence-corrected chi connectivity index (χ3v) is 3.94. The number of halogens is 1. The maximum absolute atomic E-state index is 5.59. The van der Waals surface area contributed by atoms with E-state index in [1.807, 2.05) is 0 Å². The summed E-state index contributed by atoms with van der Waals surface area (Å²) in [6, 6.07) is 10.7. The second kappa shape index (κ2) is 10.7. The van der Waals surface area contributed by atoms with Crippen LogP contribution in [0.2, 0.25) is 0 Å². The minimum Gasteiger partial charge on any atom is -0.370 e. The molecule has 124 valence electrons. The minimum atomic E-state index is 0. The second-order valence-electron chi connectivity index (χ2n) is 5.41. The Hall–Kier alpha value is -1.02. The number of hydrogen-bond donors (Lipinski definition) is 2. The summed E-state index contributed by atoms with van der Waals surface area (Å²) in [5.41, 5.74) is 6.93. The molecule has 0 saturated carbocycles. The zero-order chi connectivity index (χ0) is 14.9. The zero-order valence-corrected chi connectivity index (χ0v) is 15.7. The van der Waals surface area contributed by atoms with Crippen LogP contribution in [0.15, 0.2) is 35.3 Å². The van der Waals surface area contributed by atoms with Crippen molar-refractivity contribution in [1.82, 2.24) is 10.2 Å². The Morgan fingerprint density at radius 3 is 2.45 bits per heavy atom. The number of anilines is 1. The van der Waals surface area contributed by atoms with Crippen LogP contribution in [0.4, 0.5) is 5.69 Å². The number of nitrogens with one attached hydrogen (secondary N) is 1. The van der Waals surface area contributed by atoms with Gasteiger partial charge in [-0.1, -0.05) is 18.2 Å². The number of para-hydroxylation sites is 1. The monoisotopic (exact) mass is 417 g/mol. The molecule has 6 heteroatoms. The van der Waals surface area contributed by atoms with Crippen molar-refractivity contribution in [2.24, 2.45) is 10.7 Å². The van der Waals surface area contributed by atoms with Gasteiger partial charge in [-0.05, 0) is 31.5 Å². The number of piperazine rings is 1. The lowest BCUT2D eigenvalue weighted by Gasteiger charge is -2.36. The average molecular weight is 417 g/mol. The van der Waals surface area contributed by atoms with E-state index in [0.717, 1.165) is 39.1 Å². The van der Waals surface area contributed by atoms with Gasteiger partial charge < -0.3 is 16.0 Å². The molecule has 1 aliphatic heterocycles. The molecule has 3 N–H and O–H groups in total. The molecule has 5 nitrogen and oxygen atoms in total. The molecule has 0 amide bonds. The maximum Gasteiger partial charge on any atom is 0.188 e. The number of nitrogens with two attached hydrogens (primary N) is 1. The molecule has 2 rings (SSSR count). The third-order valence-electron chi connectivity index (χ3n) is 3.94. The summed E-state index contributed by atoms with van der Waals surface area (Å²) in [5, 5.41) is 3.10. The lowest BCUT2D eigenvalue weighted by molar-refractivity contribution is 0.253. The van der Waals surface area contributed by atoms with Crippen LogP contribution in [-0.4, -0.2) is 57.2 Å². The van der Waals surface area contributed by atoms with E-state index in [2.05, 4.69) is 50.4 Å². The number of nitrogens with zero attached hydrogens (tertiary/aromatic N) is 3. The molecule has 0 atom stereocenters. The Morgan fingerprint density at radius 2 is 1.82 bits per heavy atom. The highest BCUT2D eigenvalue weighted by atomic mass is 127. The van der Waals surface area contributed by atoms with E-state index in [-0.39, 0.29) is 24.0 Å². The fraction of sp³-hybridized carbons (Fsp3) is 0.562. The zero-order valence-electron chi connectivity index (χ0n) is 13.4. The highest BCUT2D eigenvalue weighted by Gasteiger charge is 2.16. The number of guanidine groups is 1. The highest BCUT2D eigenvalue weighted by molar-refractivity contribution is 14.0. The number of hydrogen-bond acceptors (Lipinski definition) is 3. The topological polar surface area (TPSA) is 56.9 Å². The fourth-order valence-electron chi connectivity index (χ4n) is 2.62. The largest absolute Gasteiger partial charge is 0.370 e. The number of unbranched alkanes of at least 4 members (excludes halogenated alkanes) is 1. The molecule has 0 radical (unpaired) electrons. The molecule has 1 saturated heterocycles. The van der Waals surface area contributed by atoms with Gasteiger partial charge in [0.25, 0.3) is 0 Å². The number of rotatable bonds is 6. The van der Waals surface area contributed by atoms with Crippen LogP contribution in [-0.2, 0) is 0 Å². The van der Waals surface area contributed by atoms with Gasteiger partial charge in [0.1, 0.15) is 0 Å². The fourth-order valence-corrected chi connectivity index (χ4v) is 2.62. The molecule has 22 heavy (non-hydrogen) atoms. The van der Waals surface area contributed by atoms with E-state index in [0.29, 0.717) is 5.96 Å². The summed E-state index contributed by atoms with van der Waals surface area (Å²) < 4.78 is 0. The van der Waals surface area contributed by atoms with Gasteiger partial charge in [-0.3, -0.25) is 9.89 Å². The molecule has 1 aliphatic rings. The molecular weight excluding hydrogens is 389 g/mol. The first-order chi connectivity index (χ1) is 10.3. The second-order valence-corrected chi connectivity index (χ2v) is 5.41. The van der Waals surface area contributed by atoms with Crippen molar-refractivity contribution >= 4 is 35.6 Å². The Balaban J connectivity index is 0.00000242. The van der Waals surface area contributed by atoms with Crippen molar-refractivity contribution in [3.05, 3.63) is 30.3 Å². The average Bonchev–Trinajstić information content (AvgIpc) is 2.55. The van der Waals surface area contributed by atoms with Crippen molar-refractivity contribution < 1.29 is 0 Å². The van der Waals surface area contributed by atoms with Crippen LogP contribution in [0, 0.1) is 0 Å². The standard InChI is InChI=1S/C16H27N5.HI/c1-18-16(17)19-9-5-6-10-20-11-13-21(14-12-20)15-7-3-2-4-8-15;/h2-4,7-8H,5-6,9-14H2,1H3,(H3,17,18,19);1H. The van der Waals surface area contributed by atoms with Crippen LogP contribution < -0.4 is 16.0 Å². The van der Waals surface area contributed by atoms with Crippen LogP contribution in [0.25, 0.3) is 0 Å². The van der Waals surface area contributed by atoms with Crippen LogP contribution in [0.3, 0.4) is 0 Å². The van der Waals surface area contributed by atoms with Gasteiger partial charge in [0, 0.05) is 45.5 Å². The third kappa shape index (κ3) is 6.39. The molecule has 1 fully saturated rings. The van der Waals surface area contributed by atoms with E-state index < -0.39 is 0 Å². The van der Waals surface area contributed by atoms with Gasteiger partial charge >= 0.3 is 0 Å². The van der Waals surface area contributed by atoms with Crippen LogP contribution in [0.1, 0.15) is 12.8 Å². The Morgan fingerprint density at radius 1 is 1.14 bits per heavy atom. The summed E-state index contributed by atoms with van der Waals surface area (Å²) in [6.07, 6.45) is 2.34. The highest BCUT2D eigenvalue weighted by Crippen LogP contribution is 2.15. The summed E-state index contributed by atoms with van der Waals surface area (Å²) in [6.45, 7) is 6.64. The molecular formula is C16H28IN5. The predicted octanol–water partition coefficient (Wildman–Crippen LogP) is 1.74. The Labute approximate surface area is 151 Å². The predicted molar refractivity (Wildman–Crippen MR) is 105 cm³/mol. The van der Waals surface area contributed by atoms with Crippen LogP contribution in [0.5, 0.6) is 0 Å². The maximum atomic E-state index is 5.59. The summed E-state index contributed by atoms with van der Waals surface area (Å²) in [7, 11) is 1.70. The van der Waals surface area contributed by atoms with Crippen LogP contribution >= 0.6 is 24.0 Å². The van der Waals surface area contributed by atoms with E-state index in [9.17, 15) is 0 Å². The smallest absolute Gasteiger partial charge is 0.188 e. The van der Waals surface area contributed by atoms with Crippen molar-refractivity contribution in [2.75, 3.05) is 51.2 Å². The Kier molecular flexibility index (Phi) is 9.22. The van der Waals surface area contributed by atoms with Gasteiger partial charge in [0.15, 0.2) is 5.96 Å². The van der Waals surface area contributed by atoms with Crippen molar-refractivity contribution in [3.63, 3.8) is 0 Å². The first-order valence-electron chi connectivity index (χ1n) is 7.78. The summed E-state index contributed by atoms with van der Waals surface area (Å²) >= 11 is 0. The summed E-state index contributed by atoms with van der Waals surface area (Å²) in [5.74, 6) is 0.534. The quantitative estimate of drug-likeness (QED) is 0.321. The van der Waals surface area contributed by atoms with E-state index in [4.69, 9.17) is 5.73 Å².